The van der Waals surface area contributed by atoms with E-state index in [9.17, 15) is 4.79 Å². The van der Waals surface area contributed by atoms with Gasteiger partial charge in [-0.1, -0.05) is 0 Å². The Hall–Kier alpha value is -1.11. The van der Waals surface area contributed by atoms with Gasteiger partial charge in [0, 0.05) is 65.3 Å². The Balaban J connectivity index is 1.38. The standard InChI is InChI=1S/C15H24N4OS/c20-14(18-7-4-16-5-8-18)3-6-17-9-11-19(12-10-17)15-2-1-13-21-15/h1-2,13,16H,3-12H2. The third kappa shape index (κ3) is 3.96. The molecule has 1 aromatic heterocycles. The second-order valence-electron chi connectivity index (χ2n) is 5.66. The maximum Gasteiger partial charge on any atom is 0.223 e. The van der Waals surface area contributed by atoms with Crippen molar-refractivity contribution < 1.29 is 4.79 Å². The first-order valence-electron chi connectivity index (χ1n) is 7.82. The Morgan fingerprint density at radius 1 is 1.14 bits per heavy atom. The summed E-state index contributed by atoms with van der Waals surface area (Å²) in [5.41, 5.74) is 0. The Bertz CT molecular complexity index is 437. The highest BCUT2D eigenvalue weighted by Crippen LogP contribution is 2.22. The summed E-state index contributed by atoms with van der Waals surface area (Å²) < 4.78 is 0. The molecule has 0 saturated carbocycles. The van der Waals surface area contributed by atoms with Gasteiger partial charge in [-0.25, -0.2) is 0 Å². The van der Waals surface area contributed by atoms with Gasteiger partial charge in [0.05, 0.1) is 5.00 Å². The molecule has 1 aromatic rings. The van der Waals surface area contributed by atoms with E-state index in [4.69, 9.17) is 0 Å². The fourth-order valence-electron chi connectivity index (χ4n) is 2.97. The lowest BCUT2D eigenvalue weighted by molar-refractivity contribution is -0.132. The number of rotatable bonds is 4. The molecule has 3 rings (SSSR count). The van der Waals surface area contributed by atoms with Gasteiger partial charge < -0.3 is 15.1 Å². The molecular weight excluding hydrogens is 284 g/mol. The van der Waals surface area contributed by atoms with Crippen LogP contribution in [-0.4, -0.2) is 74.6 Å². The zero-order chi connectivity index (χ0) is 14.5. The van der Waals surface area contributed by atoms with Gasteiger partial charge in [0.1, 0.15) is 0 Å². The first-order chi connectivity index (χ1) is 10.3. The van der Waals surface area contributed by atoms with E-state index in [1.165, 1.54) is 5.00 Å². The van der Waals surface area contributed by atoms with Crippen molar-refractivity contribution >= 4 is 22.2 Å². The summed E-state index contributed by atoms with van der Waals surface area (Å²) in [4.78, 5) is 19.0. The van der Waals surface area contributed by atoms with E-state index >= 15 is 0 Å². The predicted octanol–water partition coefficient (Wildman–Crippen LogP) is 0.692. The molecular formula is C15H24N4OS. The molecule has 3 heterocycles. The van der Waals surface area contributed by atoms with E-state index in [2.05, 4.69) is 32.6 Å². The van der Waals surface area contributed by atoms with Gasteiger partial charge in [-0.05, 0) is 17.5 Å². The molecule has 1 N–H and O–H groups in total. The Morgan fingerprint density at radius 2 is 1.90 bits per heavy atom. The average Bonchev–Trinajstić information content (AvgIpc) is 3.08. The number of hydrogen-bond donors (Lipinski definition) is 1. The highest BCUT2D eigenvalue weighted by Gasteiger charge is 2.20. The van der Waals surface area contributed by atoms with Crippen molar-refractivity contribution in [2.24, 2.45) is 0 Å². The van der Waals surface area contributed by atoms with E-state index in [1.807, 2.05) is 16.2 Å². The molecule has 0 aromatic carbocycles. The van der Waals surface area contributed by atoms with Gasteiger partial charge >= 0.3 is 0 Å². The molecule has 116 valence electrons. The molecule has 2 aliphatic rings. The number of anilines is 1. The molecule has 5 nitrogen and oxygen atoms in total. The molecule has 0 aliphatic carbocycles. The average molecular weight is 308 g/mol. The van der Waals surface area contributed by atoms with E-state index in [0.717, 1.165) is 58.9 Å². The summed E-state index contributed by atoms with van der Waals surface area (Å²) in [5.74, 6) is 0.317. The number of nitrogens with one attached hydrogen (secondary N) is 1. The lowest BCUT2D eigenvalue weighted by atomic mass is 10.2. The van der Waals surface area contributed by atoms with Crippen molar-refractivity contribution in [2.75, 3.05) is 63.8 Å². The normalized spacial score (nSPS) is 20.8. The smallest absolute Gasteiger partial charge is 0.223 e. The van der Waals surface area contributed by atoms with Crippen molar-refractivity contribution in [3.05, 3.63) is 17.5 Å². The highest BCUT2D eigenvalue weighted by atomic mass is 32.1. The van der Waals surface area contributed by atoms with Crippen LogP contribution in [-0.2, 0) is 4.79 Å². The van der Waals surface area contributed by atoms with Crippen LogP contribution in [0, 0.1) is 0 Å². The minimum atomic E-state index is 0.317. The van der Waals surface area contributed by atoms with Gasteiger partial charge in [0.2, 0.25) is 5.91 Å². The van der Waals surface area contributed by atoms with E-state index in [0.29, 0.717) is 12.3 Å². The molecule has 6 heteroatoms. The second-order valence-corrected chi connectivity index (χ2v) is 6.59. The molecule has 21 heavy (non-hydrogen) atoms. The van der Waals surface area contributed by atoms with Crippen LogP contribution in [0.25, 0.3) is 0 Å². The van der Waals surface area contributed by atoms with E-state index in [-0.39, 0.29) is 0 Å². The largest absolute Gasteiger partial charge is 0.361 e. The summed E-state index contributed by atoms with van der Waals surface area (Å²) in [5, 5.41) is 6.78. The highest BCUT2D eigenvalue weighted by molar-refractivity contribution is 7.14. The number of nitrogens with zero attached hydrogens (tertiary/aromatic N) is 3. The summed E-state index contributed by atoms with van der Waals surface area (Å²) in [6, 6.07) is 4.30. The van der Waals surface area contributed by atoms with Crippen LogP contribution in [0.15, 0.2) is 17.5 Å². The van der Waals surface area contributed by atoms with Crippen LogP contribution in [0.3, 0.4) is 0 Å². The fraction of sp³-hybridized carbons (Fsp3) is 0.667. The number of carbonyl (C=O) groups excluding carboxylic acids is 1. The van der Waals surface area contributed by atoms with E-state index < -0.39 is 0 Å². The molecule has 2 aliphatic heterocycles. The van der Waals surface area contributed by atoms with E-state index in [1.54, 1.807) is 0 Å². The molecule has 0 unspecified atom stereocenters. The third-order valence-corrected chi connectivity index (χ3v) is 5.23. The molecule has 0 radical (unpaired) electrons. The van der Waals surface area contributed by atoms with Crippen molar-refractivity contribution in [3.63, 3.8) is 0 Å². The number of thiophene rings is 1. The zero-order valence-corrected chi connectivity index (χ0v) is 13.3. The van der Waals surface area contributed by atoms with Gasteiger partial charge in [-0.3, -0.25) is 9.69 Å². The molecule has 1 amide bonds. The molecule has 0 atom stereocenters. The second kappa shape index (κ2) is 7.24. The first kappa shape index (κ1) is 14.8. The lowest BCUT2D eigenvalue weighted by Crippen LogP contribution is -2.49. The zero-order valence-electron chi connectivity index (χ0n) is 12.5. The van der Waals surface area contributed by atoms with Crippen LogP contribution >= 0.6 is 11.3 Å². The summed E-state index contributed by atoms with van der Waals surface area (Å²) in [7, 11) is 0. The van der Waals surface area contributed by atoms with Gasteiger partial charge in [-0.15, -0.1) is 11.3 Å². The van der Waals surface area contributed by atoms with Crippen molar-refractivity contribution in [2.45, 2.75) is 6.42 Å². The maximum absolute atomic E-state index is 12.2. The van der Waals surface area contributed by atoms with Gasteiger partial charge in [-0.2, -0.15) is 0 Å². The summed E-state index contributed by atoms with van der Waals surface area (Å²) in [6.07, 6.45) is 0.666. The Morgan fingerprint density at radius 3 is 2.57 bits per heavy atom. The molecule has 2 fully saturated rings. The number of hydrogen-bond acceptors (Lipinski definition) is 5. The van der Waals surface area contributed by atoms with Crippen molar-refractivity contribution in [1.82, 2.24) is 15.1 Å². The van der Waals surface area contributed by atoms with Crippen molar-refractivity contribution in [3.8, 4) is 0 Å². The Labute approximate surface area is 130 Å². The molecule has 2 saturated heterocycles. The molecule has 0 bridgehead atoms. The lowest BCUT2D eigenvalue weighted by Gasteiger charge is -2.35. The Kier molecular flexibility index (Phi) is 5.11. The van der Waals surface area contributed by atoms with Crippen LogP contribution in [0.1, 0.15) is 6.42 Å². The van der Waals surface area contributed by atoms with Crippen LogP contribution in [0.5, 0.6) is 0 Å². The van der Waals surface area contributed by atoms with Crippen LogP contribution in [0.4, 0.5) is 5.00 Å². The summed E-state index contributed by atoms with van der Waals surface area (Å²) in [6.45, 7) is 8.78. The number of amides is 1. The maximum atomic E-state index is 12.2. The summed E-state index contributed by atoms with van der Waals surface area (Å²) >= 11 is 1.81. The minimum absolute atomic E-state index is 0.317. The third-order valence-electron chi connectivity index (χ3n) is 4.30. The molecule has 0 spiro atoms. The minimum Gasteiger partial charge on any atom is -0.361 e. The number of carbonyl (C=O) groups is 1. The monoisotopic (exact) mass is 308 g/mol. The topological polar surface area (TPSA) is 38.8 Å². The van der Waals surface area contributed by atoms with Crippen LogP contribution < -0.4 is 10.2 Å². The predicted molar refractivity (Wildman–Crippen MR) is 87.0 cm³/mol. The fourth-order valence-corrected chi connectivity index (χ4v) is 3.75. The van der Waals surface area contributed by atoms with Crippen LogP contribution in [0.2, 0.25) is 0 Å². The quantitative estimate of drug-likeness (QED) is 0.888. The van der Waals surface area contributed by atoms with Gasteiger partial charge in [0.25, 0.3) is 0 Å². The first-order valence-corrected chi connectivity index (χ1v) is 8.70. The van der Waals surface area contributed by atoms with Crippen molar-refractivity contribution in [1.29, 1.82) is 0 Å². The van der Waals surface area contributed by atoms with Gasteiger partial charge in [0.15, 0.2) is 0 Å². The number of piperazine rings is 2. The SMILES string of the molecule is O=C(CCN1CCN(c2cccs2)CC1)N1CCNCC1.